The molecular formula is C23H31FO3S. The molecule has 4 aliphatic rings. The third-order valence-electron chi connectivity index (χ3n) is 8.20. The number of carbonyl (C=O) groups excluding carboxylic acids is 2. The molecule has 2 unspecified atom stereocenters. The summed E-state index contributed by atoms with van der Waals surface area (Å²) < 4.78 is 23.1. The number of ether oxygens (including phenoxy) is 1. The summed E-state index contributed by atoms with van der Waals surface area (Å²) in [5.74, 6) is 0.693. The highest BCUT2D eigenvalue weighted by atomic mass is 32.2. The first kappa shape index (κ1) is 20.2. The molecule has 5 heteroatoms. The minimum Gasteiger partial charge on any atom is -0.459 e. The fourth-order valence-electron chi connectivity index (χ4n) is 6.93. The van der Waals surface area contributed by atoms with E-state index in [1.54, 1.807) is 12.2 Å². The van der Waals surface area contributed by atoms with Crippen molar-refractivity contribution in [1.82, 2.24) is 0 Å². The van der Waals surface area contributed by atoms with Crippen LogP contribution in [0.5, 0.6) is 0 Å². The number of hydrogen-bond donors (Lipinski definition) is 0. The van der Waals surface area contributed by atoms with Crippen molar-refractivity contribution in [2.75, 3.05) is 5.75 Å². The maximum atomic E-state index is 17.3. The van der Waals surface area contributed by atoms with E-state index < -0.39 is 23.2 Å². The minimum absolute atomic E-state index is 0.0210. The summed E-state index contributed by atoms with van der Waals surface area (Å²) in [6, 6.07) is 0. The molecule has 0 bridgehead atoms. The van der Waals surface area contributed by atoms with Gasteiger partial charge >= 0.3 is 5.97 Å². The largest absolute Gasteiger partial charge is 0.459 e. The second kappa shape index (κ2) is 6.72. The quantitative estimate of drug-likeness (QED) is 0.615. The van der Waals surface area contributed by atoms with E-state index in [1.807, 2.05) is 18.7 Å². The van der Waals surface area contributed by atoms with Crippen LogP contribution in [0.2, 0.25) is 0 Å². The minimum atomic E-state index is -1.67. The van der Waals surface area contributed by atoms with Gasteiger partial charge in [-0.15, -0.1) is 0 Å². The van der Waals surface area contributed by atoms with Crippen LogP contribution in [-0.2, 0) is 14.3 Å². The Morgan fingerprint density at radius 1 is 1.29 bits per heavy atom. The molecule has 3 fully saturated rings. The Kier molecular flexibility index (Phi) is 4.84. The Morgan fingerprint density at radius 2 is 2.04 bits per heavy atom. The molecule has 0 aromatic carbocycles. The Bertz CT molecular complexity index is 761. The van der Waals surface area contributed by atoms with Crippen molar-refractivity contribution in [2.24, 2.45) is 22.7 Å². The number of rotatable bonds is 3. The molecule has 0 aromatic rings. The van der Waals surface area contributed by atoms with Crippen LogP contribution < -0.4 is 0 Å². The SMILES string of the molecule is CCSC1CC[C@H]2[C@@H]3CCC4=CC(=O)C=C[C@]4(C)C3(F)[C@@H](OC(C)=O)C[C@]12C. The highest BCUT2D eigenvalue weighted by Gasteiger charge is 2.71. The van der Waals surface area contributed by atoms with E-state index in [0.29, 0.717) is 11.7 Å². The van der Waals surface area contributed by atoms with Crippen molar-refractivity contribution in [1.29, 1.82) is 0 Å². The van der Waals surface area contributed by atoms with E-state index in [2.05, 4.69) is 13.8 Å². The second-order valence-electron chi connectivity index (χ2n) is 9.46. The normalized spacial score (nSPS) is 47.0. The standard InChI is InChI=1S/C23H31FO3S/c1-5-28-20-9-8-17-18-7-6-15-12-16(26)10-11-22(15,4)23(18,24)19(27-14(2)25)13-21(17,20)3/h10-12,17-20H,5-9,13H2,1-4H3/t17-,18-,19-,20?,21-,22-,23?/m0/s1. The van der Waals surface area contributed by atoms with Gasteiger partial charge in [0.05, 0.1) is 0 Å². The lowest BCUT2D eigenvalue weighted by atomic mass is 9.46. The Hall–Kier alpha value is -1.10. The molecule has 4 aliphatic carbocycles. The third kappa shape index (κ3) is 2.60. The summed E-state index contributed by atoms with van der Waals surface area (Å²) in [6.07, 6.45) is 8.25. The van der Waals surface area contributed by atoms with E-state index >= 15 is 4.39 Å². The van der Waals surface area contributed by atoms with Gasteiger partial charge in [-0.25, -0.2) is 4.39 Å². The van der Waals surface area contributed by atoms with Crippen LogP contribution in [-0.4, -0.2) is 34.5 Å². The van der Waals surface area contributed by atoms with Crippen LogP contribution in [0.4, 0.5) is 4.39 Å². The summed E-state index contributed by atoms with van der Waals surface area (Å²) in [4.78, 5) is 23.9. The lowest BCUT2D eigenvalue weighted by Gasteiger charge is -2.62. The van der Waals surface area contributed by atoms with Crippen molar-refractivity contribution >= 4 is 23.5 Å². The van der Waals surface area contributed by atoms with Crippen LogP contribution >= 0.6 is 11.8 Å². The zero-order chi connectivity index (χ0) is 20.3. The van der Waals surface area contributed by atoms with Crippen molar-refractivity contribution in [3.63, 3.8) is 0 Å². The van der Waals surface area contributed by atoms with Gasteiger partial charge in [-0.3, -0.25) is 9.59 Å². The fraction of sp³-hybridized carbons (Fsp3) is 0.739. The van der Waals surface area contributed by atoms with Crippen LogP contribution in [0.1, 0.15) is 59.8 Å². The fourth-order valence-corrected chi connectivity index (χ4v) is 8.28. The van der Waals surface area contributed by atoms with Crippen LogP contribution in [0.15, 0.2) is 23.8 Å². The highest BCUT2D eigenvalue weighted by Crippen LogP contribution is 2.69. The number of thioether (sulfide) groups is 1. The molecule has 28 heavy (non-hydrogen) atoms. The van der Waals surface area contributed by atoms with Gasteiger partial charge in [0.25, 0.3) is 0 Å². The Balaban J connectivity index is 1.82. The number of allylic oxidation sites excluding steroid dienone is 4. The number of ketones is 1. The molecule has 0 saturated heterocycles. The van der Waals surface area contributed by atoms with Crippen LogP contribution in [0.25, 0.3) is 0 Å². The smallest absolute Gasteiger partial charge is 0.303 e. The predicted molar refractivity (Wildman–Crippen MR) is 110 cm³/mol. The number of carbonyl (C=O) groups is 2. The van der Waals surface area contributed by atoms with Gasteiger partial charge in [0, 0.05) is 23.5 Å². The molecule has 3 saturated carbocycles. The molecule has 0 amide bonds. The van der Waals surface area contributed by atoms with E-state index in [-0.39, 0.29) is 23.0 Å². The van der Waals surface area contributed by atoms with Crippen molar-refractivity contribution in [3.05, 3.63) is 23.8 Å². The monoisotopic (exact) mass is 406 g/mol. The first-order chi connectivity index (χ1) is 13.2. The van der Waals surface area contributed by atoms with Crippen LogP contribution in [0, 0.1) is 22.7 Å². The topological polar surface area (TPSA) is 43.4 Å². The number of fused-ring (bicyclic) bond motifs is 5. The maximum Gasteiger partial charge on any atom is 0.303 e. The van der Waals surface area contributed by atoms with Gasteiger partial charge < -0.3 is 4.74 Å². The van der Waals surface area contributed by atoms with Gasteiger partial charge in [0.2, 0.25) is 0 Å². The van der Waals surface area contributed by atoms with Gasteiger partial charge in [-0.1, -0.05) is 25.5 Å². The molecule has 0 radical (unpaired) electrons. The van der Waals surface area contributed by atoms with Crippen molar-refractivity contribution < 1.29 is 18.7 Å². The van der Waals surface area contributed by atoms with E-state index in [4.69, 9.17) is 4.74 Å². The molecule has 0 aromatic heterocycles. The zero-order valence-electron chi connectivity index (χ0n) is 17.3. The average Bonchev–Trinajstić information content (AvgIpc) is 2.93. The number of esters is 1. The molecule has 7 atom stereocenters. The second-order valence-corrected chi connectivity index (χ2v) is 10.9. The summed E-state index contributed by atoms with van der Waals surface area (Å²) in [5, 5.41) is 0.485. The molecule has 4 rings (SSSR count). The van der Waals surface area contributed by atoms with Crippen molar-refractivity contribution in [3.8, 4) is 0 Å². The third-order valence-corrected chi connectivity index (χ3v) is 9.71. The zero-order valence-corrected chi connectivity index (χ0v) is 18.1. The molecule has 0 N–H and O–H groups in total. The first-order valence-electron chi connectivity index (χ1n) is 10.6. The molecule has 0 spiro atoms. The Labute approximate surface area is 171 Å². The summed E-state index contributed by atoms with van der Waals surface area (Å²) in [7, 11) is 0. The summed E-state index contributed by atoms with van der Waals surface area (Å²) in [5.41, 5.74) is -1.72. The average molecular weight is 407 g/mol. The molecular weight excluding hydrogens is 375 g/mol. The van der Waals surface area contributed by atoms with Gasteiger partial charge in [0.1, 0.15) is 6.10 Å². The Morgan fingerprint density at radius 3 is 2.71 bits per heavy atom. The van der Waals surface area contributed by atoms with E-state index in [0.717, 1.165) is 37.0 Å². The van der Waals surface area contributed by atoms with Gasteiger partial charge in [0.15, 0.2) is 11.5 Å². The molecule has 3 nitrogen and oxygen atoms in total. The number of alkyl halides is 1. The van der Waals surface area contributed by atoms with Crippen LogP contribution in [0.3, 0.4) is 0 Å². The molecule has 154 valence electrons. The number of hydrogen-bond acceptors (Lipinski definition) is 4. The highest BCUT2D eigenvalue weighted by molar-refractivity contribution is 7.99. The summed E-state index contributed by atoms with van der Waals surface area (Å²) >= 11 is 1.97. The predicted octanol–water partition coefficient (Wildman–Crippen LogP) is 5.05. The van der Waals surface area contributed by atoms with Gasteiger partial charge in [-0.05, 0) is 68.3 Å². The number of halogens is 1. The first-order valence-corrected chi connectivity index (χ1v) is 11.6. The van der Waals surface area contributed by atoms with E-state index in [9.17, 15) is 9.59 Å². The van der Waals surface area contributed by atoms with E-state index in [1.165, 1.54) is 13.0 Å². The maximum absolute atomic E-state index is 17.3. The van der Waals surface area contributed by atoms with Crippen molar-refractivity contribution in [2.45, 2.75) is 76.8 Å². The molecule has 0 aliphatic heterocycles. The lowest BCUT2D eigenvalue weighted by molar-refractivity contribution is -0.208. The summed E-state index contributed by atoms with van der Waals surface area (Å²) in [6.45, 7) is 7.75. The van der Waals surface area contributed by atoms with Gasteiger partial charge in [-0.2, -0.15) is 11.8 Å². The lowest BCUT2D eigenvalue weighted by Crippen LogP contribution is -2.67. The molecule has 0 heterocycles.